The van der Waals surface area contributed by atoms with Crippen molar-refractivity contribution in [3.63, 3.8) is 0 Å². The maximum Gasteiger partial charge on any atom is 0.266 e. The zero-order valence-electron chi connectivity index (χ0n) is 14.6. The molecule has 0 saturated heterocycles. The quantitative estimate of drug-likeness (QED) is 0.549. The van der Waals surface area contributed by atoms with Crippen molar-refractivity contribution >= 4 is 29.0 Å². The van der Waals surface area contributed by atoms with Crippen LogP contribution in [-0.2, 0) is 0 Å². The van der Waals surface area contributed by atoms with Crippen molar-refractivity contribution in [2.45, 2.75) is 13.8 Å². The van der Waals surface area contributed by atoms with Crippen LogP contribution in [0.2, 0.25) is 0 Å². The minimum absolute atomic E-state index is 0.213. The van der Waals surface area contributed by atoms with E-state index in [0.717, 1.165) is 16.8 Å². The van der Waals surface area contributed by atoms with E-state index in [9.17, 15) is 9.59 Å². The average molecular weight is 365 g/mol. The Morgan fingerprint density at radius 2 is 2.08 bits per heavy atom. The van der Waals surface area contributed by atoms with Crippen LogP contribution in [-0.4, -0.2) is 22.0 Å². The van der Waals surface area contributed by atoms with E-state index < -0.39 is 0 Å². The van der Waals surface area contributed by atoms with Gasteiger partial charge in [-0.2, -0.15) is 0 Å². The molecular formula is C20H19N3O2S. The second-order valence-electron chi connectivity index (χ2n) is 6.05. The van der Waals surface area contributed by atoms with Crippen molar-refractivity contribution in [1.29, 1.82) is 0 Å². The minimum Gasteiger partial charge on any atom is -0.349 e. The lowest BCUT2D eigenvalue weighted by Gasteiger charge is -2.13. The Kier molecular flexibility index (Phi) is 4.86. The van der Waals surface area contributed by atoms with E-state index in [1.165, 1.54) is 4.57 Å². The average Bonchev–Trinajstić information content (AvgIpc) is 2.62. The van der Waals surface area contributed by atoms with Crippen LogP contribution in [0.4, 0.5) is 0 Å². The number of rotatable bonds is 4. The standard InChI is InChI=1S/C20H19N3O2S/c1-4-10-21-18(24)14-8-9-15-16(11-14)22-20(26)23(19(15)25)17-7-5-6-12(2)13(17)3/h4-9,11H,1,10H2,2-3H3,(H,21,24)(H,22,26). The van der Waals surface area contributed by atoms with Gasteiger partial charge in [0.15, 0.2) is 4.77 Å². The third kappa shape index (κ3) is 3.11. The second kappa shape index (κ2) is 7.09. The molecule has 0 radical (unpaired) electrons. The number of benzene rings is 2. The van der Waals surface area contributed by atoms with Gasteiger partial charge in [0.25, 0.3) is 11.5 Å². The Balaban J connectivity index is 2.19. The number of nitrogens with zero attached hydrogens (tertiary/aromatic N) is 1. The summed E-state index contributed by atoms with van der Waals surface area (Å²) in [5.74, 6) is -0.232. The maximum absolute atomic E-state index is 13.0. The molecule has 1 aromatic heterocycles. The molecule has 3 aromatic rings. The minimum atomic E-state index is -0.232. The molecule has 3 rings (SSSR count). The van der Waals surface area contributed by atoms with Gasteiger partial charge in [-0.15, -0.1) is 6.58 Å². The van der Waals surface area contributed by atoms with Crippen LogP contribution >= 0.6 is 12.2 Å². The van der Waals surface area contributed by atoms with E-state index in [1.807, 2.05) is 32.0 Å². The number of nitrogens with one attached hydrogen (secondary N) is 2. The molecule has 0 fully saturated rings. The van der Waals surface area contributed by atoms with Crippen LogP contribution < -0.4 is 10.9 Å². The van der Waals surface area contributed by atoms with Gasteiger partial charge in [-0.1, -0.05) is 18.2 Å². The molecule has 1 amide bonds. The lowest BCUT2D eigenvalue weighted by atomic mass is 10.1. The number of aromatic amines is 1. The molecule has 2 aromatic carbocycles. The van der Waals surface area contributed by atoms with Crippen molar-refractivity contribution in [3.8, 4) is 5.69 Å². The van der Waals surface area contributed by atoms with Gasteiger partial charge in [-0.3, -0.25) is 14.2 Å². The molecule has 0 aliphatic carbocycles. The van der Waals surface area contributed by atoms with Crippen LogP contribution in [0.25, 0.3) is 16.6 Å². The lowest BCUT2D eigenvalue weighted by Crippen LogP contribution is -2.24. The largest absolute Gasteiger partial charge is 0.349 e. The predicted octanol–water partition coefficient (Wildman–Crippen LogP) is 3.58. The van der Waals surface area contributed by atoms with Crippen molar-refractivity contribution in [3.05, 3.63) is 80.9 Å². The number of fused-ring (bicyclic) bond motifs is 1. The first-order valence-corrected chi connectivity index (χ1v) is 8.59. The highest BCUT2D eigenvalue weighted by Gasteiger charge is 2.12. The Morgan fingerprint density at radius 1 is 1.31 bits per heavy atom. The van der Waals surface area contributed by atoms with E-state index in [2.05, 4.69) is 16.9 Å². The molecule has 6 heteroatoms. The maximum atomic E-state index is 13.0. The number of amides is 1. The number of aromatic nitrogens is 2. The first-order valence-electron chi connectivity index (χ1n) is 8.19. The summed E-state index contributed by atoms with van der Waals surface area (Å²) in [6, 6.07) is 10.7. The summed E-state index contributed by atoms with van der Waals surface area (Å²) in [4.78, 5) is 28.2. The summed E-state index contributed by atoms with van der Waals surface area (Å²) in [6.45, 7) is 7.90. The third-order valence-corrected chi connectivity index (χ3v) is 4.67. The molecule has 0 saturated carbocycles. The molecule has 2 N–H and O–H groups in total. The topological polar surface area (TPSA) is 66.9 Å². The molecule has 132 valence electrons. The van der Waals surface area contributed by atoms with Crippen molar-refractivity contribution in [2.24, 2.45) is 0 Å². The SMILES string of the molecule is C=CCNC(=O)c1ccc2c(=O)n(-c3cccc(C)c3C)c(=S)[nH]c2c1. The van der Waals surface area contributed by atoms with Gasteiger partial charge >= 0.3 is 0 Å². The zero-order valence-corrected chi connectivity index (χ0v) is 15.4. The number of carbonyl (C=O) groups excluding carboxylic acids is 1. The fraction of sp³-hybridized carbons (Fsp3) is 0.150. The number of carbonyl (C=O) groups is 1. The smallest absolute Gasteiger partial charge is 0.266 e. The summed E-state index contributed by atoms with van der Waals surface area (Å²) < 4.78 is 1.79. The van der Waals surface area contributed by atoms with Gasteiger partial charge in [0.1, 0.15) is 0 Å². The van der Waals surface area contributed by atoms with Crippen LogP contribution in [0.1, 0.15) is 21.5 Å². The monoisotopic (exact) mass is 365 g/mol. The highest BCUT2D eigenvalue weighted by molar-refractivity contribution is 7.71. The lowest BCUT2D eigenvalue weighted by molar-refractivity contribution is 0.0958. The highest BCUT2D eigenvalue weighted by Crippen LogP contribution is 2.18. The number of H-pyrrole nitrogens is 1. The van der Waals surface area contributed by atoms with E-state index in [1.54, 1.807) is 24.3 Å². The molecule has 0 aliphatic rings. The number of hydrogen-bond donors (Lipinski definition) is 2. The van der Waals surface area contributed by atoms with Gasteiger partial charge < -0.3 is 10.3 Å². The molecule has 0 atom stereocenters. The molecule has 0 unspecified atom stereocenters. The Bertz CT molecular complexity index is 1140. The van der Waals surface area contributed by atoms with Crippen LogP contribution in [0.3, 0.4) is 0 Å². The normalized spacial score (nSPS) is 10.7. The van der Waals surface area contributed by atoms with Gasteiger partial charge in [0.2, 0.25) is 0 Å². The number of aryl methyl sites for hydroxylation is 1. The molecule has 5 nitrogen and oxygen atoms in total. The van der Waals surface area contributed by atoms with Crippen molar-refractivity contribution < 1.29 is 4.79 Å². The van der Waals surface area contributed by atoms with Gasteiger partial charge in [-0.25, -0.2) is 0 Å². The van der Waals surface area contributed by atoms with Gasteiger partial charge in [-0.05, 0) is 61.5 Å². The fourth-order valence-corrected chi connectivity index (χ4v) is 3.11. The van der Waals surface area contributed by atoms with Gasteiger partial charge in [0.05, 0.1) is 16.6 Å². The fourth-order valence-electron chi connectivity index (χ4n) is 2.82. The van der Waals surface area contributed by atoms with E-state index in [-0.39, 0.29) is 11.5 Å². The Hall–Kier alpha value is -2.99. The molecule has 0 spiro atoms. The Morgan fingerprint density at radius 3 is 2.81 bits per heavy atom. The zero-order chi connectivity index (χ0) is 18.8. The first-order chi connectivity index (χ1) is 12.4. The van der Waals surface area contributed by atoms with Crippen LogP contribution in [0.5, 0.6) is 0 Å². The molecule has 26 heavy (non-hydrogen) atoms. The van der Waals surface area contributed by atoms with Crippen molar-refractivity contribution in [1.82, 2.24) is 14.9 Å². The summed E-state index contributed by atoms with van der Waals surface area (Å²) in [7, 11) is 0. The van der Waals surface area contributed by atoms with Gasteiger partial charge in [0, 0.05) is 12.1 Å². The van der Waals surface area contributed by atoms with Crippen molar-refractivity contribution in [2.75, 3.05) is 6.54 Å². The first kappa shape index (κ1) is 17.8. The highest BCUT2D eigenvalue weighted by atomic mass is 32.1. The van der Waals surface area contributed by atoms with Crippen LogP contribution in [0, 0.1) is 18.6 Å². The third-order valence-electron chi connectivity index (χ3n) is 4.38. The summed E-state index contributed by atoms with van der Waals surface area (Å²) in [5.41, 5.74) is 3.61. The summed E-state index contributed by atoms with van der Waals surface area (Å²) in [6.07, 6.45) is 1.61. The number of hydrogen-bond acceptors (Lipinski definition) is 3. The molecule has 0 aliphatic heterocycles. The molecular weight excluding hydrogens is 346 g/mol. The predicted molar refractivity (Wildman–Crippen MR) is 107 cm³/mol. The van der Waals surface area contributed by atoms with Crippen LogP contribution in [0.15, 0.2) is 53.8 Å². The summed E-state index contributed by atoms with van der Waals surface area (Å²) in [5, 5.41) is 3.19. The summed E-state index contributed by atoms with van der Waals surface area (Å²) >= 11 is 5.42. The van der Waals surface area contributed by atoms with E-state index >= 15 is 0 Å². The molecule has 1 heterocycles. The van der Waals surface area contributed by atoms with E-state index in [4.69, 9.17) is 12.2 Å². The second-order valence-corrected chi connectivity index (χ2v) is 6.44. The molecule has 0 bridgehead atoms. The van der Waals surface area contributed by atoms with E-state index in [0.29, 0.717) is 27.8 Å². The Labute approximate surface area is 156 Å².